The van der Waals surface area contributed by atoms with E-state index in [1.165, 1.54) is 7.11 Å². The molecule has 0 aromatic carbocycles. The van der Waals surface area contributed by atoms with Crippen molar-refractivity contribution in [1.82, 2.24) is 0 Å². The summed E-state index contributed by atoms with van der Waals surface area (Å²) < 4.78 is 5.03. The zero-order valence-electron chi connectivity index (χ0n) is 16.5. The van der Waals surface area contributed by atoms with E-state index in [-0.39, 0.29) is 23.2 Å². The van der Waals surface area contributed by atoms with Gasteiger partial charge in [0.15, 0.2) is 0 Å². The highest BCUT2D eigenvalue weighted by atomic mass is 16.5. The van der Waals surface area contributed by atoms with E-state index >= 15 is 0 Å². The fourth-order valence-electron chi connectivity index (χ4n) is 7.19. The molecule has 3 saturated carbocycles. The van der Waals surface area contributed by atoms with Crippen molar-refractivity contribution in [3.63, 3.8) is 0 Å². The molecule has 5 heteroatoms. The molecule has 3 rings (SSSR count). The van der Waals surface area contributed by atoms with Gasteiger partial charge in [-0.1, -0.05) is 13.3 Å². The standard InChI is InChI=1S/C21H32O5/c1-18(17(25)26-4)10-6-15-19(2)8-5-9-20(3,16(23)24)14(19)7-11-21(15,12-18)13-22/h13-15H,5-12H2,1-4H3,(H,23,24)/t14?,15?,18-,19+,20+,21+/m0/s1. The lowest BCUT2D eigenvalue weighted by Crippen LogP contribution is -2.61. The Labute approximate surface area is 155 Å². The summed E-state index contributed by atoms with van der Waals surface area (Å²) in [4.78, 5) is 36.8. The van der Waals surface area contributed by atoms with E-state index in [0.29, 0.717) is 25.7 Å². The van der Waals surface area contributed by atoms with Gasteiger partial charge in [-0.05, 0) is 76.0 Å². The lowest BCUT2D eigenvalue weighted by molar-refractivity contribution is -0.192. The third-order valence-corrected chi connectivity index (χ3v) is 8.47. The number of carboxylic acid groups (broad SMARTS) is 1. The van der Waals surface area contributed by atoms with Crippen LogP contribution < -0.4 is 0 Å². The third-order valence-electron chi connectivity index (χ3n) is 8.47. The predicted octanol–water partition coefficient (Wildman–Crippen LogP) is 3.84. The van der Waals surface area contributed by atoms with Crippen LogP contribution in [0.15, 0.2) is 0 Å². The SMILES string of the molecule is COC(=O)[C@@]1(C)CCC2[C@](C=O)(CCC3[C@@]2(C)CCC[C@@]3(C)C(=O)O)C1. The summed E-state index contributed by atoms with van der Waals surface area (Å²) in [6, 6.07) is 0. The van der Waals surface area contributed by atoms with Crippen LogP contribution in [0.5, 0.6) is 0 Å². The smallest absolute Gasteiger partial charge is 0.311 e. The van der Waals surface area contributed by atoms with Crippen LogP contribution in [0.1, 0.15) is 72.1 Å². The van der Waals surface area contributed by atoms with Gasteiger partial charge in [-0.15, -0.1) is 0 Å². The molecule has 6 atom stereocenters. The van der Waals surface area contributed by atoms with Gasteiger partial charge < -0.3 is 14.6 Å². The zero-order chi connectivity index (χ0) is 19.4. The van der Waals surface area contributed by atoms with Gasteiger partial charge in [-0.3, -0.25) is 9.59 Å². The highest BCUT2D eigenvalue weighted by molar-refractivity contribution is 5.78. The summed E-state index contributed by atoms with van der Waals surface area (Å²) >= 11 is 0. The largest absolute Gasteiger partial charge is 0.481 e. The van der Waals surface area contributed by atoms with Gasteiger partial charge in [0.2, 0.25) is 0 Å². The molecular weight excluding hydrogens is 332 g/mol. The molecule has 3 aliphatic rings. The maximum absolute atomic E-state index is 12.4. The number of methoxy groups -OCH3 is 1. The molecule has 5 nitrogen and oxygen atoms in total. The molecule has 0 spiro atoms. The molecule has 3 aliphatic carbocycles. The van der Waals surface area contributed by atoms with Gasteiger partial charge in [0, 0.05) is 5.41 Å². The summed E-state index contributed by atoms with van der Waals surface area (Å²) in [5.41, 5.74) is -2.05. The Balaban J connectivity index is 2.00. The van der Waals surface area contributed by atoms with Crippen LogP contribution in [0, 0.1) is 33.5 Å². The van der Waals surface area contributed by atoms with Gasteiger partial charge in [0.05, 0.1) is 17.9 Å². The number of carbonyl (C=O) groups excluding carboxylic acids is 2. The van der Waals surface area contributed by atoms with Crippen LogP contribution >= 0.6 is 0 Å². The third kappa shape index (κ3) is 2.45. The minimum atomic E-state index is -0.717. The van der Waals surface area contributed by atoms with Crippen LogP contribution in [0.2, 0.25) is 0 Å². The molecule has 0 bridgehead atoms. The number of aldehydes is 1. The van der Waals surface area contributed by atoms with Crippen molar-refractivity contribution in [2.24, 2.45) is 33.5 Å². The van der Waals surface area contributed by atoms with Gasteiger partial charge in [-0.25, -0.2) is 0 Å². The van der Waals surface area contributed by atoms with E-state index in [1.807, 2.05) is 13.8 Å². The number of rotatable bonds is 3. The van der Waals surface area contributed by atoms with E-state index in [4.69, 9.17) is 4.74 Å². The van der Waals surface area contributed by atoms with E-state index < -0.39 is 22.2 Å². The first kappa shape index (κ1) is 19.4. The molecule has 146 valence electrons. The quantitative estimate of drug-likeness (QED) is 0.608. The average molecular weight is 364 g/mol. The molecule has 0 radical (unpaired) electrons. The molecule has 0 aliphatic heterocycles. The van der Waals surface area contributed by atoms with Crippen LogP contribution in [-0.4, -0.2) is 30.4 Å². The Kier molecular flexibility index (Phi) is 4.52. The minimum Gasteiger partial charge on any atom is -0.481 e. The van der Waals surface area contributed by atoms with Crippen LogP contribution in [-0.2, 0) is 19.1 Å². The van der Waals surface area contributed by atoms with Gasteiger partial charge >= 0.3 is 11.9 Å². The summed E-state index contributed by atoms with van der Waals surface area (Å²) in [5.74, 6) is -0.713. The monoisotopic (exact) mass is 364 g/mol. The zero-order valence-corrected chi connectivity index (χ0v) is 16.5. The Bertz CT molecular complexity index is 630. The fourth-order valence-corrected chi connectivity index (χ4v) is 7.19. The van der Waals surface area contributed by atoms with Crippen LogP contribution in [0.4, 0.5) is 0 Å². The summed E-state index contributed by atoms with van der Waals surface area (Å²) in [6.07, 6.45) is 7.08. The maximum atomic E-state index is 12.4. The molecule has 3 fully saturated rings. The highest BCUT2D eigenvalue weighted by Crippen LogP contribution is 2.68. The normalized spacial score (nSPS) is 48.0. The van der Waals surface area contributed by atoms with Crippen molar-refractivity contribution in [3.05, 3.63) is 0 Å². The second-order valence-electron chi connectivity index (χ2n) is 9.84. The van der Waals surface area contributed by atoms with Crippen molar-refractivity contribution in [3.8, 4) is 0 Å². The predicted molar refractivity (Wildman–Crippen MR) is 96.4 cm³/mol. The van der Waals surface area contributed by atoms with Gasteiger partial charge in [-0.2, -0.15) is 0 Å². The lowest BCUT2D eigenvalue weighted by Gasteiger charge is -2.64. The molecule has 0 amide bonds. The number of ether oxygens (including phenoxy) is 1. The molecular formula is C21H32O5. The van der Waals surface area contributed by atoms with E-state index in [0.717, 1.165) is 32.0 Å². The summed E-state index contributed by atoms with van der Waals surface area (Å²) in [7, 11) is 1.41. The molecule has 2 unspecified atom stereocenters. The van der Waals surface area contributed by atoms with E-state index in [9.17, 15) is 19.5 Å². The number of aliphatic carboxylic acids is 1. The number of fused-ring (bicyclic) bond motifs is 3. The fraction of sp³-hybridized carbons (Fsp3) is 0.857. The number of esters is 1. The van der Waals surface area contributed by atoms with Gasteiger partial charge in [0.1, 0.15) is 6.29 Å². The van der Waals surface area contributed by atoms with Crippen LogP contribution in [0.25, 0.3) is 0 Å². The highest BCUT2D eigenvalue weighted by Gasteiger charge is 2.65. The first-order valence-electron chi connectivity index (χ1n) is 9.86. The first-order valence-corrected chi connectivity index (χ1v) is 9.86. The number of carboxylic acids is 1. The lowest BCUT2D eigenvalue weighted by atomic mass is 9.39. The second kappa shape index (κ2) is 6.07. The topological polar surface area (TPSA) is 80.7 Å². The minimum absolute atomic E-state index is 0.0850. The maximum Gasteiger partial charge on any atom is 0.311 e. The van der Waals surface area contributed by atoms with Crippen molar-refractivity contribution < 1.29 is 24.2 Å². The van der Waals surface area contributed by atoms with Crippen molar-refractivity contribution >= 4 is 18.2 Å². The Morgan fingerprint density at radius 3 is 2.27 bits per heavy atom. The molecule has 0 aromatic rings. The average Bonchev–Trinajstić information content (AvgIpc) is 2.60. The van der Waals surface area contributed by atoms with Gasteiger partial charge in [0.25, 0.3) is 0 Å². The molecule has 0 aromatic heterocycles. The number of hydrogen-bond acceptors (Lipinski definition) is 4. The van der Waals surface area contributed by atoms with Crippen molar-refractivity contribution in [2.45, 2.75) is 72.1 Å². The van der Waals surface area contributed by atoms with Crippen molar-refractivity contribution in [2.75, 3.05) is 7.11 Å². The Hall–Kier alpha value is -1.39. The van der Waals surface area contributed by atoms with E-state index in [2.05, 4.69) is 6.92 Å². The first-order chi connectivity index (χ1) is 12.1. The summed E-state index contributed by atoms with van der Waals surface area (Å²) in [6.45, 7) is 6.02. The Morgan fingerprint density at radius 2 is 1.69 bits per heavy atom. The molecule has 0 saturated heterocycles. The van der Waals surface area contributed by atoms with E-state index in [1.54, 1.807) is 0 Å². The van der Waals surface area contributed by atoms with Crippen LogP contribution in [0.3, 0.4) is 0 Å². The Morgan fingerprint density at radius 1 is 1.04 bits per heavy atom. The molecule has 1 N–H and O–H groups in total. The number of hydrogen-bond donors (Lipinski definition) is 1. The number of carbonyl (C=O) groups is 3. The second-order valence-corrected chi connectivity index (χ2v) is 9.84. The molecule has 0 heterocycles. The molecule has 26 heavy (non-hydrogen) atoms. The van der Waals surface area contributed by atoms with Crippen molar-refractivity contribution in [1.29, 1.82) is 0 Å². The summed E-state index contributed by atoms with van der Waals surface area (Å²) in [5, 5.41) is 9.93.